The first kappa shape index (κ1) is 9.60. The van der Waals surface area contributed by atoms with Crippen molar-refractivity contribution >= 4 is 16.6 Å². The van der Waals surface area contributed by atoms with Crippen LogP contribution in [0.4, 0.5) is 5.69 Å². The number of hydrogen-bond donors (Lipinski definition) is 1. The van der Waals surface area contributed by atoms with Gasteiger partial charge in [-0.1, -0.05) is 0 Å². The lowest BCUT2D eigenvalue weighted by Gasteiger charge is -2.05. The van der Waals surface area contributed by atoms with E-state index in [1.165, 1.54) is 23.0 Å². The fraction of sp³-hybridized carbons (Fsp3) is 0.222. The molecule has 6 nitrogen and oxygen atoms in total. The van der Waals surface area contributed by atoms with Gasteiger partial charge in [0.25, 0.3) is 5.69 Å². The van der Waals surface area contributed by atoms with Gasteiger partial charge < -0.3 is 5.11 Å². The minimum atomic E-state index is -0.746. The van der Waals surface area contributed by atoms with E-state index in [2.05, 4.69) is 5.10 Å². The van der Waals surface area contributed by atoms with Crippen molar-refractivity contribution in [3.63, 3.8) is 0 Å². The Bertz CT molecular complexity index is 518. The second kappa shape index (κ2) is 3.32. The third-order valence-corrected chi connectivity index (χ3v) is 2.14. The van der Waals surface area contributed by atoms with Gasteiger partial charge in [-0.3, -0.25) is 10.1 Å². The number of rotatable bonds is 2. The molecule has 78 valence electrons. The highest BCUT2D eigenvalue weighted by Crippen LogP contribution is 2.21. The first-order chi connectivity index (χ1) is 7.09. The highest BCUT2D eigenvalue weighted by Gasteiger charge is 2.11. The molecule has 1 unspecified atom stereocenters. The summed E-state index contributed by atoms with van der Waals surface area (Å²) in [5.41, 5.74) is 0.697. The first-order valence-corrected chi connectivity index (χ1v) is 4.39. The number of nitro groups is 1. The molecule has 0 saturated carbocycles. The standard InChI is InChI=1S/C9H9N3O3/c1-6(13)11-9-3-2-8(12(14)15)4-7(9)5-10-11/h2-6,13H,1H3. The molecule has 1 N–H and O–H groups in total. The smallest absolute Gasteiger partial charge is 0.270 e. The molecule has 0 aliphatic carbocycles. The Hall–Kier alpha value is -1.95. The van der Waals surface area contributed by atoms with Crippen molar-refractivity contribution in [1.82, 2.24) is 9.78 Å². The fourth-order valence-electron chi connectivity index (χ4n) is 1.45. The largest absolute Gasteiger partial charge is 0.372 e. The molecule has 6 heteroatoms. The van der Waals surface area contributed by atoms with Crippen LogP contribution in [-0.2, 0) is 0 Å². The van der Waals surface area contributed by atoms with E-state index in [1.54, 1.807) is 13.0 Å². The van der Waals surface area contributed by atoms with Crippen LogP contribution in [-0.4, -0.2) is 19.8 Å². The monoisotopic (exact) mass is 207 g/mol. The number of nitrogens with zero attached hydrogens (tertiary/aromatic N) is 3. The normalized spacial score (nSPS) is 12.9. The van der Waals surface area contributed by atoms with Crippen LogP contribution in [0.1, 0.15) is 13.2 Å². The van der Waals surface area contributed by atoms with Gasteiger partial charge in [0, 0.05) is 17.5 Å². The number of hydrogen-bond acceptors (Lipinski definition) is 4. The van der Waals surface area contributed by atoms with Gasteiger partial charge in [0.2, 0.25) is 0 Å². The van der Waals surface area contributed by atoms with Crippen LogP contribution >= 0.6 is 0 Å². The van der Waals surface area contributed by atoms with Crippen molar-refractivity contribution in [2.24, 2.45) is 0 Å². The Morgan fingerprint density at radius 2 is 2.33 bits per heavy atom. The third-order valence-electron chi connectivity index (χ3n) is 2.14. The summed E-state index contributed by atoms with van der Waals surface area (Å²) in [6.45, 7) is 1.58. The van der Waals surface area contributed by atoms with E-state index in [1.807, 2.05) is 0 Å². The van der Waals surface area contributed by atoms with E-state index in [9.17, 15) is 15.2 Å². The average molecular weight is 207 g/mol. The van der Waals surface area contributed by atoms with Crippen LogP contribution in [0, 0.1) is 10.1 Å². The number of non-ortho nitro benzene ring substituents is 1. The molecule has 1 atom stereocenters. The highest BCUT2D eigenvalue weighted by molar-refractivity contribution is 5.81. The third kappa shape index (κ3) is 1.55. The number of benzene rings is 1. The molecule has 2 aromatic rings. The van der Waals surface area contributed by atoms with Crippen LogP contribution in [0.2, 0.25) is 0 Å². The predicted octanol–water partition coefficient (Wildman–Crippen LogP) is 1.46. The molecule has 0 spiro atoms. The average Bonchev–Trinajstić information content (AvgIpc) is 2.59. The van der Waals surface area contributed by atoms with E-state index in [0.29, 0.717) is 10.9 Å². The molecular weight excluding hydrogens is 198 g/mol. The summed E-state index contributed by atoms with van der Waals surface area (Å²) in [6.07, 6.45) is 0.749. The molecule has 1 heterocycles. The molecule has 15 heavy (non-hydrogen) atoms. The van der Waals surface area contributed by atoms with E-state index >= 15 is 0 Å². The Labute approximate surface area is 84.9 Å². The maximum atomic E-state index is 10.5. The lowest BCUT2D eigenvalue weighted by Crippen LogP contribution is -2.04. The molecule has 0 saturated heterocycles. The molecule has 0 radical (unpaired) electrons. The fourth-order valence-corrected chi connectivity index (χ4v) is 1.45. The quantitative estimate of drug-likeness (QED) is 0.597. The second-order valence-electron chi connectivity index (χ2n) is 3.22. The van der Waals surface area contributed by atoms with Crippen molar-refractivity contribution in [1.29, 1.82) is 0 Å². The van der Waals surface area contributed by atoms with Gasteiger partial charge in [0.15, 0.2) is 0 Å². The lowest BCUT2D eigenvalue weighted by molar-refractivity contribution is -0.384. The number of aliphatic hydroxyl groups is 1. The van der Waals surface area contributed by atoms with E-state index in [-0.39, 0.29) is 5.69 Å². The summed E-state index contributed by atoms with van der Waals surface area (Å²) < 4.78 is 1.40. The van der Waals surface area contributed by atoms with E-state index in [4.69, 9.17) is 0 Å². The number of nitro benzene ring substituents is 1. The molecule has 0 aliphatic heterocycles. The van der Waals surface area contributed by atoms with E-state index < -0.39 is 11.2 Å². The Morgan fingerprint density at radius 3 is 2.93 bits per heavy atom. The van der Waals surface area contributed by atoms with E-state index in [0.717, 1.165) is 0 Å². The number of aliphatic hydroxyl groups excluding tert-OH is 1. The zero-order valence-electron chi connectivity index (χ0n) is 7.99. The van der Waals surface area contributed by atoms with Crippen molar-refractivity contribution in [3.05, 3.63) is 34.5 Å². The summed E-state index contributed by atoms with van der Waals surface area (Å²) in [4.78, 5) is 10.1. The van der Waals surface area contributed by atoms with Crippen LogP contribution in [0.25, 0.3) is 10.9 Å². The molecule has 1 aromatic heterocycles. The predicted molar refractivity (Wildman–Crippen MR) is 53.3 cm³/mol. The number of aromatic nitrogens is 2. The summed E-state index contributed by atoms with van der Waals surface area (Å²) >= 11 is 0. The molecule has 1 aromatic carbocycles. The van der Waals surface area contributed by atoms with Crippen molar-refractivity contribution in [3.8, 4) is 0 Å². The van der Waals surface area contributed by atoms with Crippen LogP contribution in [0.15, 0.2) is 24.4 Å². The van der Waals surface area contributed by atoms with Crippen LogP contribution < -0.4 is 0 Å². The minimum Gasteiger partial charge on any atom is -0.372 e. The van der Waals surface area contributed by atoms with Crippen LogP contribution in [0.5, 0.6) is 0 Å². The maximum Gasteiger partial charge on any atom is 0.270 e. The molecular formula is C9H9N3O3. The maximum absolute atomic E-state index is 10.5. The second-order valence-corrected chi connectivity index (χ2v) is 3.22. The van der Waals surface area contributed by atoms with Crippen molar-refractivity contribution < 1.29 is 10.0 Å². The Balaban J connectivity index is 2.61. The van der Waals surface area contributed by atoms with Crippen molar-refractivity contribution in [2.45, 2.75) is 13.2 Å². The highest BCUT2D eigenvalue weighted by atomic mass is 16.6. The molecule has 2 rings (SSSR count). The van der Waals surface area contributed by atoms with Gasteiger partial charge in [-0.05, 0) is 13.0 Å². The van der Waals surface area contributed by atoms with Gasteiger partial charge in [-0.2, -0.15) is 5.10 Å². The summed E-state index contributed by atoms with van der Waals surface area (Å²) in [7, 11) is 0. The topological polar surface area (TPSA) is 81.2 Å². The summed E-state index contributed by atoms with van der Waals surface area (Å²) in [5.74, 6) is 0. The zero-order valence-corrected chi connectivity index (χ0v) is 7.99. The molecule has 0 aliphatic rings. The molecule has 0 fully saturated rings. The Kier molecular flexibility index (Phi) is 2.12. The van der Waals surface area contributed by atoms with Gasteiger partial charge >= 0.3 is 0 Å². The van der Waals surface area contributed by atoms with Gasteiger partial charge in [0.1, 0.15) is 6.23 Å². The van der Waals surface area contributed by atoms with Crippen LogP contribution in [0.3, 0.4) is 0 Å². The van der Waals surface area contributed by atoms with Crippen molar-refractivity contribution in [2.75, 3.05) is 0 Å². The first-order valence-electron chi connectivity index (χ1n) is 4.39. The molecule has 0 amide bonds. The Morgan fingerprint density at radius 1 is 1.60 bits per heavy atom. The lowest BCUT2D eigenvalue weighted by atomic mass is 10.2. The number of fused-ring (bicyclic) bond motifs is 1. The van der Waals surface area contributed by atoms with Gasteiger partial charge in [-0.15, -0.1) is 0 Å². The summed E-state index contributed by atoms with van der Waals surface area (Å²) in [5, 5.41) is 24.5. The van der Waals surface area contributed by atoms with Gasteiger partial charge in [0.05, 0.1) is 16.6 Å². The SMILES string of the molecule is CC(O)n1ncc2cc([N+](=O)[O-])ccc21. The zero-order chi connectivity index (χ0) is 11.0. The molecule has 0 bridgehead atoms. The minimum absolute atomic E-state index is 0.0210. The van der Waals surface area contributed by atoms with Gasteiger partial charge in [-0.25, -0.2) is 4.68 Å². The summed E-state index contributed by atoms with van der Waals surface area (Å²) in [6, 6.07) is 4.40.